The maximum Gasteiger partial charge on any atom is 0.220 e. The lowest BCUT2D eigenvalue weighted by Crippen LogP contribution is -2.40. The standard InChI is InChI=1S/C16H24F2N2O2.ClH/c1-2-3-5-13(11-19)20-16(21)6-4-9-22-15-8-7-12(17)10-14(15)18;/h7-8,10,13H,2-6,9,11,19H2,1H3,(H,20,21);1H. The highest BCUT2D eigenvalue weighted by Gasteiger charge is 2.10. The number of amides is 1. The molecule has 1 atom stereocenters. The van der Waals surface area contributed by atoms with E-state index in [0.29, 0.717) is 13.0 Å². The number of halogens is 3. The Bertz CT molecular complexity index is 475. The van der Waals surface area contributed by atoms with Gasteiger partial charge in [-0.15, -0.1) is 12.4 Å². The molecule has 0 aromatic heterocycles. The van der Waals surface area contributed by atoms with Crippen LogP contribution < -0.4 is 15.8 Å². The van der Waals surface area contributed by atoms with Crippen molar-refractivity contribution in [3.05, 3.63) is 29.8 Å². The van der Waals surface area contributed by atoms with Crippen molar-refractivity contribution in [1.29, 1.82) is 0 Å². The molecule has 3 N–H and O–H groups in total. The molecule has 23 heavy (non-hydrogen) atoms. The van der Waals surface area contributed by atoms with Gasteiger partial charge in [-0.3, -0.25) is 4.79 Å². The van der Waals surface area contributed by atoms with Crippen molar-refractivity contribution in [3.8, 4) is 5.75 Å². The number of carbonyl (C=O) groups is 1. The Balaban J connectivity index is 0.00000484. The largest absolute Gasteiger partial charge is 0.491 e. The molecule has 0 spiro atoms. The van der Waals surface area contributed by atoms with Crippen LogP contribution in [0, 0.1) is 11.6 Å². The van der Waals surface area contributed by atoms with Crippen molar-refractivity contribution >= 4 is 18.3 Å². The molecule has 0 aliphatic rings. The van der Waals surface area contributed by atoms with Gasteiger partial charge in [0, 0.05) is 25.1 Å². The van der Waals surface area contributed by atoms with Crippen molar-refractivity contribution in [2.45, 2.75) is 45.1 Å². The van der Waals surface area contributed by atoms with Crippen molar-refractivity contribution in [2.75, 3.05) is 13.2 Å². The third-order valence-corrected chi connectivity index (χ3v) is 3.26. The van der Waals surface area contributed by atoms with Gasteiger partial charge in [0.1, 0.15) is 5.82 Å². The van der Waals surface area contributed by atoms with Gasteiger partial charge in [0.05, 0.1) is 6.61 Å². The van der Waals surface area contributed by atoms with E-state index < -0.39 is 11.6 Å². The summed E-state index contributed by atoms with van der Waals surface area (Å²) in [6.07, 6.45) is 3.69. The number of rotatable bonds is 10. The molecule has 0 saturated heterocycles. The van der Waals surface area contributed by atoms with Crippen LogP contribution in [0.5, 0.6) is 5.75 Å². The fourth-order valence-electron chi connectivity index (χ4n) is 2.01. The lowest BCUT2D eigenvalue weighted by Gasteiger charge is -2.16. The van der Waals surface area contributed by atoms with E-state index in [2.05, 4.69) is 12.2 Å². The van der Waals surface area contributed by atoms with Gasteiger partial charge in [-0.2, -0.15) is 0 Å². The van der Waals surface area contributed by atoms with Crippen LogP contribution in [0.25, 0.3) is 0 Å². The average molecular weight is 351 g/mol. The zero-order chi connectivity index (χ0) is 16.4. The maximum atomic E-state index is 13.3. The maximum absolute atomic E-state index is 13.3. The summed E-state index contributed by atoms with van der Waals surface area (Å²) in [7, 11) is 0. The fraction of sp³-hybridized carbons (Fsp3) is 0.562. The second kappa shape index (κ2) is 12.1. The number of benzene rings is 1. The first-order chi connectivity index (χ1) is 10.6. The quantitative estimate of drug-likeness (QED) is 0.637. The predicted octanol–water partition coefficient (Wildman–Crippen LogP) is 3.18. The van der Waals surface area contributed by atoms with E-state index >= 15 is 0 Å². The summed E-state index contributed by atoms with van der Waals surface area (Å²) < 4.78 is 31.2. The predicted molar refractivity (Wildman–Crippen MR) is 88.8 cm³/mol. The molecule has 132 valence electrons. The summed E-state index contributed by atoms with van der Waals surface area (Å²) in [6, 6.07) is 3.13. The second-order valence-electron chi connectivity index (χ2n) is 5.17. The Morgan fingerprint density at radius 3 is 2.70 bits per heavy atom. The molecule has 7 heteroatoms. The molecule has 4 nitrogen and oxygen atoms in total. The highest BCUT2D eigenvalue weighted by molar-refractivity contribution is 5.85. The van der Waals surface area contributed by atoms with Crippen LogP contribution in [0.4, 0.5) is 8.78 Å². The van der Waals surface area contributed by atoms with Crippen molar-refractivity contribution < 1.29 is 18.3 Å². The second-order valence-corrected chi connectivity index (χ2v) is 5.17. The van der Waals surface area contributed by atoms with Gasteiger partial charge in [0.15, 0.2) is 11.6 Å². The Morgan fingerprint density at radius 2 is 2.09 bits per heavy atom. The van der Waals surface area contributed by atoms with Crippen molar-refractivity contribution in [2.24, 2.45) is 5.73 Å². The van der Waals surface area contributed by atoms with E-state index in [1.54, 1.807) is 0 Å². The van der Waals surface area contributed by atoms with Crippen LogP contribution in [0.3, 0.4) is 0 Å². The Hall–Kier alpha value is -1.40. The van der Waals surface area contributed by atoms with Crippen LogP contribution in [0.15, 0.2) is 18.2 Å². The van der Waals surface area contributed by atoms with Crippen LogP contribution in [-0.4, -0.2) is 25.1 Å². The summed E-state index contributed by atoms with van der Waals surface area (Å²) in [5.74, 6) is -1.49. The molecule has 1 amide bonds. The van der Waals surface area contributed by atoms with E-state index in [1.807, 2.05) is 0 Å². The topological polar surface area (TPSA) is 64.3 Å². The molecule has 0 bridgehead atoms. The van der Waals surface area contributed by atoms with E-state index in [-0.39, 0.29) is 43.1 Å². The minimum Gasteiger partial charge on any atom is -0.491 e. The zero-order valence-corrected chi connectivity index (χ0v) is 14.1. The molecule has 1 aromatic rings. The van der Waals surface area contributed by atoms with Crippen molar-refractivity contribution in [1.82, 2.24) is 5.32 Å². The first kappa shape index (κ1) is 21.6. The molecule has 1 aromatic carbocycles. The molecule has 1 unspecified atom stereocenters. The third-order valence-electron chi connectivity index (χ3n) is 3.26. The number of unbranched alkanes of at least 4 members (excludes halogenated alkanes) is 1. The van der Waals surface area contributed by atoms with Gasteiger partial charge in [-0.25, -0.2) is 8.78 Å². The minimum absolute atomic E-state index is 0. The van der Waals surface area contributed by atoms with Crippen LogP contribution in [0.2, 0.25) is 0 Å². The van der Waals surface area contributed by atoms with E-state index in [4.69, 9.17) is 10.5 Å². The Morgan fingerprint density at radius 1 is 1.35 bits per heavy atom. The van der Waals surface area contributed by atoms with Crippen LogP contribution in [-0.2, 0) is 4.79 Å². The summed E-state index contributed by atoms with van der Waals surface area (Å²) in [5.41, 5.74) is 5.61. The molecule has 0 aliphatic heterocycles. The van der Waals surface area contributed by atoms with Crippen molar-refractivity contribution in [3.63, 3.8) is 0 Å². The number of nitrogens with two attached hydrogens (primary N) is 1. The van der Waals surface area contributed by atoms with Gasteiger partial charge in [0.25, 0.3) is 0 Å². The molecule has 1 rings (SSSR count). The minimum atomic E-state index is -0.743. The highest BCUT2D eigenvalue weighted by atomic mass is 35.5. The monoisotopic (exact) mass is 350 g/mol. The van der Waals surface area contributed by atoms with E-state index in [0.717, 1.165) is 31.4 Å². The first-order valence-corrected chi connectivity index (χ1v) is 7.64. The molecular weight excluding hydrogens is 326 g/mol. The lowest BCUT2D eigenvalue weighted by molar-refractivity contribution is -0.122. The third kappa shape index (κ3) is 8.71. The van der Waals surface area contributed by atoms with Gasteiger partial charge < -0.3 is 15.8 Å². The van der Waals surface area contributed by atoms with E-state index in [1.165, 1.54) is 6.07 Å². The van der Waals surface area contributed by atoms with Gasteiger partial charge >= 0.3 is 0 Å². The first-order valence-electron chi connectivity index (χ1n) is 7.64. The van der Waals surface area contributed by atoms with Gasteiger partial charge in [-0.1, -0.05) is 19.8 Å². The van der Waals surface area contributed by atoms with E-state index in [9.17, 15) is 13.6 Å². The summed E-state index contributed by atoms with van der Waals surface area (Å²) >= 11 is 0. The average Bonchev–Trinajstić information content (AvgIpc) is 2.49. The summed E-state index contributed by atoms with van der Waals surface area (Å²) in [4.78, 5) is 11.8. The molecule has 0 radical (unpaired) electrons. The molecule has 0 heterocycles. The smallest absolute Gasteiger partial charge is 0.220 e. The number of hydrogen-bond donors (Lipinski definition) is 2. The Kier molecular flexibility index (Phi) is 11.3. The van der Waals surface area contributed by atoms with Crippen LogP contribution >= 0.6 is 12.4 Å². The van der Waals surface area contributed by atoms with Gasteiger partial charge in [-0.05, 0) is 25.0 Å². The summed E-state index contributed by atoms with van der Waals surface area (Å²) in [5, 5.41) is 2.88. The highest BCUT2D eigenvalue weighted by Crippen LogP contribution is 2.17. The summed E-state index contributed by atoms with van der Waals surface area (Å²) in [6.45, 7) is 2.70. The fourth-order valence-corrected chi connectivity index (χ4v) is 2.01. The molecular formula is C16H25ClF2N2O2. The number of hydrogen-bond acceptors (Lipinski definition) is 3. The lowest BCUT2D eigenvalue weighted by atomic mass is 10.1. The molecule has 0 aliphatic carbocycles. The number of ether oxygens (including phenoxy) is 1. The number of carbonyl (C=O) groups excluding carboxylic acids is 1. The normalized spacial score (nSPS) is 11.5. The van der Waals surface area contributed by atoms with Crippen LogP contribution in [0.1, 0.15) is 39.0 Å². The SMILES string of the molecule is CCCCC(CN)NC(=O)CCCOc1ccc(F)cc1F.Cl. The van der Waals surface area contributed by atoms with Gasteiger partial charge in [0.2, 0.25) is 5.91 Å². The molecule has 0 fully saturated rings. The molecule has 0 saturated carbocycles. The zero-order valence-electron chi connectivity index (χ0n) is 13.3. The number of nitrogens with one attached hydrogen (secondary N) is 1. The Labute approximate surface area is 142 Å².